The number of thioether (sulfide) groups is 1. The minimum Gasteiger partial charge on any atom is -0.481 e. The molecule has 0 radical (unpaired) electrons. The second-order valence-corrected chi connectivity index (χ2v) is 9.02. The van der Waals surface area contributed by atoms with Crippen LogP contribution in [0, 0.1) is 5.41 Å². The summed E-state index contributed by atoms with van der Waals surface area (Å²) in [6.45, 7) is 11.9. The van der Waals surface area contributed by atoms with Crippen molar-refractivity contribution in [2.24, 2.45) is 5.41 Å². The van der Waals surface area contributed by atoms with Crippen molar-refractivity contribution in [1.82, 2.24) is 4.90 Å². The van der Waals surface area contributed by atoms with Gasteiger partial charge in [-0.2, -0.15) is 0 Å². The minimum absolute atomic E-state index is 0.336. The van der Waals surface area contributed by atoms with E-state index in [0.29, 0.717) is 5.57 Å². The second kappa shape index (κ2) is 7.03. The van der Waals surface area contributed by atoms with Gasteiger partial charge in [-0.3, -0.25) is 14.4 Å². The van der Waals surface area contributed by atoms with Crippen LogP contribution in [0.3, 0.4) is 0 Å². The van der Waals surface area contributed by atoms with Crippen LogP contribution in [-0.2, 0) is 19.2 Å². The number of carbonyl (C=O) groups excluding carboxylic acids is 2. The Balaban J connectivity index is 0.000000381. The lowest BCUT2D eigenvalue weighted by molar-refractivity contribution is -0.152. The summed E-state index contributed by atoms with van der Waals surface area (Å²) in [7, 11) is 0. The highest BCUT2D eigenvalue weighted by Gasteiger charge is 2.61. The molecule has 0 unspecified atom stereocenters. The number of nitrogens with zero attached hydrogens (tertiary/aromatic N) is 1. The van der Waals surface area contributed by atoms with E-state index in [4.69, 9.17) is 5.11 Å². The number of ketones is 1. The molecule has 2 rings (SSSR count). The van der Waals surface area contributed by atoms with Gasteiger partial charge >= 0.3 is 11.9 Å². The Morgan fingerprint density at radius 1 is 1.24 bits per heavy atom. The molecule has 0 aromatic rings. The van der Waals surface area contributed by atoms with Crippen molar-refractivity contribution in [3.63, 3.8) is 0 Å². The molecule has 0 aromatic heterocycles. The molecule has 0 saturated carbocycles. The monoisotopic (exact) mass is 369 g/mol. The first-order valence-electron chi connectivity index (χ1n) is 7.58. The van der Waals surface area contributed by atoms with Gasteiger partial charge < -0.3 is 15.1 Å². The molecule has 2 saturated heterocycles. The van der Waals surface area contributed by atoms with Crippen molar-refractivity contribution in [3.05, 3.63) is 24.3 Å². The standard InChI is InChI=1S/C12H13NO4S.C5H10O2/c1-4-6(14)5-7-9(15)13-8(11(16)17)12(2,3)18-10(7)13;1-5(2,3)4(6)7/h4-5,8,10H,1H2,2-3H3,(H,16,17);1-3H3,(H,6,7)/b7-5+;/t8-,10+;/m0./s1. The molecule has 2 aliphatic rings. The second-order valence-electron chi connectivity index (χ2n) is 7.29. The van der Waals surface area contributed by atoms with Crippen molar-refractivity contribution < 1.29 is 29.4 Å². The molecule has 1 amide bonds. The van der Waals surface area contributed by atoms with Gasteiger partial charge in [0.1, 0.15) is 11.4 Å². The summed E-state index contributed by atoms with van der Waals surface area (Å²) in [6.07, 6.45) is 2.37. The highest BCUT2D eigenvalue weighted by Crippen LogP contribution is 2.52. The summed E-state index contributed by atoms with van der Waals surface area (Å²) < 4.78 is -0.570. The number of hydrogen-bond donors (Lipinski definition) is 2. The number of amides is 1. The number of fused-ring (bicyclic) bond motifs is 1. The number of carboxylic acid groups (broad SMARTS) is 2. The number of rotatable bonds is 3. The van der Waals surface area contributed by atoms with Gasteiger partial charge in [-0.25, -0.2) is 4.79 Å². The van der Waals surface area contributed by atoms with E-state index in [-0.39, 0.29) is 17.1 Å². The Bertz CT molecular complexity index is 659. The summed E-state index contributed by atoms with van der Waals surface area (Å²) in [5.74, 6) is -2.49. The number of allylic oxidation sites excluding steroid dienone is 2. The molecule has 138 valence electrons. The van der Waals surface area contributed by atoms with Crippen LogP contribution in [-0.4, -0.2) is 54.9 Å². The summed E-state index contributed by atoms with van der Waals surface area (Å²) in [5, 5.41) is 17.1. The Hall–Kier alpha value is -2.09. The van der Waals surface area contributed by atoms with E-state index in [1.165, 1.54) is 22.7 Å². The average molecular weight is 369 g/mol. The molecule has 7 nitrogen and oxygen atoms in total. The molecule has 2 atom stereocenters. The Morgan fingerprint density at radius 2 is 1.72 bits per heavy atom. The molecule has 0 aromatic carbocycles. The van der Waals surface area contributed by atoms with Crippen molar-refractivity contribution in [2.75, 3.05) is 0 Å². The lowest BCUT2D eigenvalue weighted by Crippen LogP contribution is -2.58. The van der Waals surface area contributed by atoms with E-state index in [1.54, 1.807) is 34.6 Å². The van der Waals surface area contributed by atoms with Gasteiger partial charge in [-0.05, 0) is 46.8 Å². The van der Waals surface area contributed by atoms with Gasteiger partial charge in [0.25, 0.3) is 5.91 Å². The van der Waals surface area contributed by atoms with E-state index in [1.807, 2.05) is 0 Å². The maximum atomic E-state index is 11.9. The molecule has 0 bridgehead atoms. The molecular weight excluding hydrogens is 346 g/mol. The lowest BCUT2D eigenvalue weighted by Gasteiger charge is -2.38. The van der Waals surface area contributed by atoms with Crippen LogP contribution < -0.4 is 0 Å². The van der Waals surface area contributed by atoms with Crippen molar-refractivity contribution in [1.29, 1.82) is 0 Å². The summed E-state index contributed by atoms with van der Waals surface area (Å²) in [6, 6.07) is -0.851. The van der Waals surface area contributed by atoms with E-state index in [2.05, 4.69) is 6.58 Å². The highest BCUT2D eigenvalue weighted by molar-refractivity contribution is 8.01. The number of hydrogen-bond acceptors (Lipinski definition) is 5. The van der Waals surface area contributed by atoms with Crippen LogP contribution in [0.2, 0.25) is 0 Å². The predicted molar refractivity (Wildman–Crippen MR) is 94.1 cm³/mol. The van der Waals surface area contributed by atoms with E-state index >= 15 is 0 Å². The lowest BCUT2D eigenvalue weighted by atomic mass is 9.95. The number of β-lactam (4-membered cyclic amide) rings is 1. The van der Waals surface area contributed by atoms with E-state index < -0.39 is 28.1 Å². The third-order valence-electron chi connectivity index (χ3n) is 3.73. The first-order valence-corrected chi connectivity index (χ1v) is 8.46. The van der Waals surface area contributed by atoms with Crippen LogP contribution >= 0.6 is 11.8 Å². The topological polar surface area (TPSA) is 112 Å². The van der Waals surface area contributed by atoms with Gasteiger partial charge in [0, 0.05) is 4.75 Å². The van der Waals surface area contributed by atoms with Crippen LogP contribution in [0.4, 0.5) is 0 Å². The molecule has 2 fully saturated rings. The average Bonchev–Trinajstić information content (AvgIpc) is 2.72. The van der Waals surface area contributed by atoms with Crippen molar-refractivity contribution in [2.45, 2.75) is 50.8 Å². The van der Waals surface area contributed by atoms with Crippen LogP contribution in [0.15, 0.2) is 24.3 Å². The normalized spacial score (nSPS) is 25.4. The first-order chi connectivity index (χ1) is 11.2. The van der Waals surface area contributed by atoms with Crippen molar-refractivity contribution >= 4 is 35.4 Å². The summed E-state index contributed by atoms with van der Waals surface area (Å²) in [5.41, 5.74) is -0.221. The van der Waals surface area contributed by atoms with Gasteiger partial charge in [0.05, 0.1) is 11.0 Å². The zero-order chi connectivity index (χ0) is 19.7. The smallest absolute Gasteiger partial charge is 0.327 e. The third kappa shape index (κ3) is 4.31. The van der Waals surface area contributed by atoms with Crippen LogP contribution in [0.25, 0.3) is 0 Å². The maximum absolute atomic E-state index is 11.9. The fraction of sp³-hybridized carbons (Fsp3) is 0.529. The van der Waals surface area contributed by atoms with Gasteiger partial charge in [-0.1, -0.05) is 6.58 Å². The maximum Gasteiger partial charge on any atom is 0.327 e. The van der Waals surface area contributed by atoms with Crippen LogP contribution in [0.1, 0.15) is 34.6 Å². The number of aliphatic carboxylic acids is 2. The quantitative estimate of drug-likeness (QED) is 0.577. The van der Waals surface area contributed by atoms with Gasteiger partial charge in [-0.15, -0.1) is 11.8 Å². The van der Waals surface area contributed by atoms with Gasteiger partial charge in [0.2, 0.25) is 0 Å². The fourth-order valence-electron chi connectivity index (χ4n) is 2.27. The molecular formula is C17H23NO6S. The number of carbonyl (C=O) groups is 4. The van der Waals surface area contributed by atoms with Crippen molar-refractivity contribution in [3.8, 4) is 0 Å². The van der Waals surface area contributed by atoms with E-state index in [9.17, 15) is 24.3 Å². The largest absolute Gasteiger partial charge is 0.481 e. The van der Waals surface area contributed by atoms with Gasteiger partial charge in [0.15, 0.2) is 5.78 Å². The molecule has 2 heterocycles. The summed E-state index contributed by atoms with van der Waals surface area (Å²) >= 11 is 1.39. The van der Waals surface area contributed by atoms with E-state index in [0.717, 1.165) is 6.08 Å². The third-order valence-corrected chi connectivity index (χ3v) is 5.26. The Labute approximate surface area is 150 Å². The molecule has 2 aliphatic heterocycles. The zero-order valence-corrected chi connectivity index (χ0v) is 15.7. The highest BCUT2D eigenvalue weighted by atomic mass is 32.2. The molecule has 0 aliphatic carbocycles. The van der Waals surface area contributed by atoms with Crippen LogP contribution in [0.5, 0.6) is 0 Å². The molecule has 8 heteroatoms. The molecule has 0 spiro atoms. The molecule has 25 heavy (non-hydrogen) atoms. The zero-order valence-electron chi connectivity index (χ0n) is 14.9. The Kier molecular flexibility index (Phi) is 5.89. The fourth-order valence-corrected chi connectivity index (χ4v) is 3.81. The predicted octanol–water partition coefficient (Wildman–Crippen LogP) is 1.93. The number of carboxylic acids is 2. The first kappa shape index (κ1) is 21.0. The summed E-state index contributed by atoms with van der Waals surface area (Å²) in [4.78, 5) is 45.7. The minimum atomic E-state index is -1.02. The SMILES string of the molecule is C=CC(=O)/C=C1\C(=O)N2[C@@H]1SC(C)(C)[C@@H]2C(=O)O.CC(C)(C)C(=O)O. The Morgan fingerprint density at radius 3 is 2.08 bits per heavy atom. The molecule has 2 N–H and O–H groups in total.